The van der Waals surface area contributed by atoms with Crippen molar-refractivity contribution in [2.75, 3.05) is 26.2 Å². The lowest BCUT2D eigenvalue weighted by atomic mass is 9.96. The van der Waals surface area contributed by atoms with Crippen LogP contribution in [0.25, 0.3) is 0 Å². The topological polar surface area (TPSA) is 84.7 Å². The van der Waals surface area contributed by atoms with E-state index < -0.39 is 0 Å². The Hall–Kier alpha value is -2.08. The van der Waals surface area contributed by atoms with Crippen molar-refractivity contribution in [1.82, 2.24) is 10.2 Å². The number of amides is 2. The van der Waals surface area contributed by atoms with E-state index in [1.54, 1.807) is 0 Å². The van der Waals surface area contributed by atoms with Gasteiger partial charge in [0.1, 0.15) is 5.75 Å². The Kier molecular flexibility index (Phi) is 6.60. The molecule has 3 N–H and O–H groups in total. The maximum absolute atomic E-state index is 12.8. The molecule has 1 aromatic carbocycles. The van der Waals surface area contributed by atoms with E-state index >= 15 is 0 Å². The van der Waals surface area contributed by atoms with Crippen LogP contribution in [0.4, 0.5) is 0 Å². The number of nitrogens with two attached hydrogens (primary N) is 1. The summed E-state index contributed by atoms with van der Waals surface area (Å²) in [6, 6.07) is 3.67. The van der Waals surface area contributed by atoms with Crippen LogP contribution < -0.4 is 15.8 Å². The Morgan fingerprint density at radius 2 is 1.68 bits per heavy atom. The van der Waals surface area contributed by atoms with Crippen molar-refractivity contribution < 1.29 is 14.3 Å². The molecule has 1 saturated carbocycles. The number of benzene rings is 1. The number of carbonyl (C=O) groups excluding carboxylic acids is 2. The molecular formula is C22H33N3O3. The van der Waals surface area contributed by atoms with Crippen LogP contribution in [0.3, 0.4) is 0 Å². The molecule has 0 spiro atoms. The van der Waals surface area contributed by atoms with Gasteiger partial charge in [-0.3, -0.25) is 9.59 Å². The summed E-state index contributed by atoms with van der Waals surface area (Å²) in [7, 11) is 0. The standard InChI is InChI=1S/C22H33N3O3/c1-16-12-18(21(27)24-22(15-23)8-4-5-9-22)13-17(2)20(16)28-14-19(26)25-10-6-3-7-11-25/h12-13H,3-11,14-15,23H2,1-2H3,(H,24,27). The minimum Gasteiger partial charge on any atom is -0.483 e. The highest BCUT2D eigenvalue weighted by Gasteiger charge is 2.34. The Balaban J connectivity index is 1.65. The first kappa shape index (κ1) is 20.6. The Morgan fingerprint density at radius 1 is 1.07 bits per heavy atom. The van der Waals surface area contributed by atoms with Gasteiger partial charge in [0.15, 0.2) is 6.61 Å². The molecule has 6 nitrogen and oxygen atoms in total. The molecule has 154 valence electrons. The normalized spacial score (nSPS) is 18.8. The molecule has 2 fully saturated rings. The fourth-order valence-corrected chi connectivity index (χ4v) is 4.42. The van der Waals surface area contributed by atoms with Crippen LogP contribution in [0.5, 0.6) is 5.75 Å². The second-order valence-electron chi connectivity index (χ2n) is 8.31. The lowest BCUT2D eigenvalue weighted by Crippen LogP contribution is -2.51. The monoisotopic (exact) mass is 387 g/mol. The minimum atomic E-state index is -0.269. The largest absolute Gasteiger partial charge is 0.483 e. The predicted molar refractivity (Wildman–Crippen MR) is 110 cm³/mol. The fourth-order valence-electron chi connectivity index (χ4n) is 4.42. The number of likely N-dealkylation sites (tertiary alicyclic amines) is 1. The Bertz CT molecular complexity index is 697. The predicted octanol–water partition coefficient (Wildman–Crippen LogP) is 2.70. The summed E-state index contributed by atoms with van der Waals surface area (Å²) in [5.74, 6) is 0.636. The molecule has 1 saturated heterocycles. The van der Waals surface area contributed by atoms with Gasteiger partial charge in [0.25, 0.3) is 11.8 Å². The third kappa shape index (κ3) is 4.66. The van der Waals surface area contributed by atoms with Crippen molar-refractivity contribution in [2.24, 2.45) is 5.73 Å². The van der Waals surface area contributed by atoms with Crippen LogP contribution in [-0.2, 0) is 4.79 Å². The number of hydrogen-bond acceptors (Lipinski definition) is 4. The van der Waals surface area contributed by atoms with Gasteiger partial charge in [0.2, 0.25) is 0 Å². The molecule has 3 rings (SSSR count). The molecule has 0 atom stereocenters. The van der Waals surface area contributed by atoms with Gasteiger partial charge >= 0.3 is 0 Å². The number of nitrogens with zero attached hydrogens (tertiary/aromatic N) is 1. The van der Waals surface area contributed by atoms with E-state index in [4.69, 9.17) is 10.5 Å². The average molecular weight is 388 g/mol. The van der Waals surface area contributed by atoms with Crippen LogP contribution in [0, 0.1) is 13.8 Å². The number of ether oxygens (including phenoxy) is 1. The fraction of sp³-hybridized carbons (Fsp3) is 0.636. The van der Waals surface area contributed by atoms with Crippen molar-refractivity contribution in [3.05, 3.63) is 28.8 Å². The summed E-state index contributed by atoms with van der Waals surface area (Å²) in [4.78, 5) is 27.0. The zero-order valence-electron chi connectivity index (χ0n) is 17.2. The summed E-state index contributed by atoms with van der Waals surface area (Å²) in [5, 5.41) is 3.16. The van der Waals surface area contributed by atoms with E-state index in [2.05, 4.69) is 5.32 Å². The average Bonchev–Trinajstić information content (AvgIpc) is 3.16. The first-order valence-electron chi connectivity index (χ1n) is 10.5. The molecule has 0 radical (unpaired) electrons. The van der Waals surface area contributed by atoms with E-state index in [0.29, 0.717) is 17.9 Å². The number of carbonyl (C=O) groups is 2. The first-order chi connectivity index (χ1) is 13.4. The van der Waals surface area contributed by atoms with Gasteiger partial charge in [0, 0.05) is 25.2 Å². The quantitative estimate of drug-likeness (QED) is 0.786. The van der Waals surface area contributed by atoms with Crippen LogP contribution >= 0.6 is 0 Å². The first-order valence-corrected chi connectivity index (χ1v) is 10.5. The molecular weight excluding hydrogens is 354 g/mol. The molecule has 1 aromatic rings. The van der Waals surface area contributed by atoms with Gasteiger partial charge in [-0.1, -0.05) is 12.8 Å². The zero-order valence-corrected chi connectivity index (χ0v) is 17.2. The molecule has 0 bridgehead atoms. The molecule has 28 heavy (non-hydrogen) atoms. The van der Waals surface area contributed by atoms with E-state index in [9.17, 15) is 9.59 Å². The number of aryl methyl sites for hydroxylation is 2. The molecule has 6 heteroatoms. The molecule has 2 amide bonds. The second-order valence-corrected chi connectivity index (χ2v) is 8.31. The van der Waals surface area contributed by atoms with Crippen LogP contribution in [0.15, 0.2) is 12.1 Å². The minimum absolute atomic E-state index is 0.0337. The van der Waals surface area contributed by atoms with Crippen molar-refractivity contribution in [3.63, 3.8) is 0 Å². The third-order valence-electron chi connectivity index (χ3n) is 6.10. The Labute approximate surface area is 167 Å². The van der Waals surface area contributed by atoms with Gasteiger partial charge in [-0.2, -0.15) is 0 Å². The molecule has 1 heterocycles. The van der Waals surface area contributed by atoms with Crippen LogP contribution in [0.1, 0.15) is 66.4 Å². The van der Waals surface area contributed by atoms with Gasteiger partial charge < -0.3 is 20.7 Å². The van der Waals surface area contributed by atoms with Gasteiger partial charge in [0.05, 0.1) is 5.54 Å². The Morgan fingerprint density at radius 3 is 2.25 bits per heavy atom. The molecule has 0 aromatic heterocycles. The van der Waals surface area contributed by atoms with Gasteiger partial charge in [-0.15, -0.1) is 0 Å². The van der Waals surface area contributed by atoms with Crippen LogP contribution in [0.2, 0.25) is 0 Å². The van der Waals surface area contributed by atoms with Crippen molar-refractivity contribution >= 4 is 11.8 Å². The highest BCUT2D eigenvalue weighted by Crippen LogP contribution is 2.30. The van der Waals surface area contributed by atoms with E-state index in [1.165, 1.54) is 6.42 Å². The SMILES string of the molecule is Cc1cc(C(=O)NC2(CN)CCCC2)cc(C)c1OCC(=O)N1CCCCC1. The number of hydrogen-bond donors (Lipinski definition) is 2. The van der Waals surface area contributed by atoms with E-state index in [-0.39, 0.29) is 24.0 Å². The maximum Gasteiger partial charge on any atom is 0.260 e. The lowest BCUT2D eigenvalue weighted by molar-refractivity contribution is -0.134. The maximum atomic E-state index is 12.8. The van der Waals surface area contributed by atoms with E-state index in [1.807, 2.05) is 30.9 Å². The smallest absolute Gasteiger partial charge is 0.260 e. The van der Waals surface area contributed by atoms with Crippen molar-refractivity contribution in [3.8, 4) is 5.75 Å². The van der Waals surface area contributed by atoms with Gasteiger partial charge in [-0.25, -0.2) is 0 Å². The molecule has 1 aliphatic carbocycles. The lowest BCUT2D eigenvalue weighted by Gasteiger charge is -2.29. The molecule has 1 aliphatic heterocycles. The molecule has 0 unspecified atom stereocenters. The third-order valence-corrected chi connectivity index (χ3v) is 6.10. The number of piperidine rings is 1. The highest BCUT2D eigenvalue weighted by atomic mass is 16.5. The number of rotatable bonds is 6. The van der Waals surface area contributed by atoms with Crippen molar-refractivity contribution in [2.45, 2.75) is 64.3 Å². The second kappa shape index (κ2) is 8.95. The summed E-state index contributed by atoms with van der Waals surface area (Å²) >= 11 is 0. The van der Waals surface area contributed by atoms with Crippen LogP contribution in [-0.4, -0.2) is 48.5 Å². The zero-order chi connectivity index (χ0) is 20.1. The van der Waals surface area contributed by atoms with Gasteiger partial charge in [-0.05, 0) is 69.2 Å². The summed E-state index contributed by atoms with van der Waals surface area (Å²) in [6.07, 6.45) is 7.41. The summed E-state index contributed by atoms with van der Waals surface area (Å²) < 4.78 is 5.85. The molecule has 2 aliphatic rings. The van der Waals surface area contributed by atoms with Crippen molar-refractivity contribution in [1.29, 1.82) is 0 Å². The highest BCUT2D eigenvalue weighted by molar-refractivity contribution is 5.95. The number of nitrogens with one attached hydrogen (secondary N) is 1. The summed E-state index contributed by atoms with van der Waals surface area (Å²) in [5.41, 5.74) is 8.02. The van der Waals surface area contributed by atoms with E-state index in [0.717, 1.165) is 62.7 Å². The summed E-state index contributed by atoms with van der Waals surface area (Å²) in [6.45, 7) is 5.99.